The van der Waals surface area contributed by atoms with Crippen molar-refractivity contribution < 1.29 is 28.6 Å². The molecule has 15 nitrogen and oxygen atoms in total. The normalized spacial score (nSPS) is 24.8. The second kappa shape index (κ2) is 25.1. The topological polar surface area (TPSA) is 171 Å². The number of ether oxygens (including phenoxy) is 3. The molecule has 8 unspecified atom stereocenters. The van der Waals surface area contributed by atoms with Crippen molar-refractivity contribution in [3.05, 3.63) is 124 Å². The van der Waals surface area contributed by atoms with E-state index in [1.807, 2.05) is 55.8 Å². The molecule has 0 aromatic carbocycles. The van der Waals surface area contributed by atoms with Crippen LogP contribution in [0.3, 0.4) is 0 Å². The van der Waals surface area contributed by atoms with Gasteiger partial charge in [-0.1, -0.05) is 32.6 Å². The zero-order valence-corrected chi connectivity index (χ0v) is 45.9. The van der Waals surface area contributed by atoms with Gasteiger partial charge in [-0.25, -0.2) is 15.0 Å². The molecule has 5 fully saturated rings. The molecule has 0 aliphatic heterocycles. The molecule has 8 atom stereocenters. The van der Waals surface area contributed by atoms with E-state index >= 15 is 0 Å². The Morgan fingerprint density at radius 3 is 1.49 bits per heavy atom. The summed E-state index contributed by atoms with van der Waals surface area (Å²) in [6.07, 6.45) is 29.6. The van der Waals surface area contributed by atoms with Crippen molar-refractivity contribution in [1.82, 2.24) is 44.3 Å². The van der Waals surface area contributed by atoms with Crippen molar-refractivity contribution in [3.8, 4) is 17.2 Å². The van der Waals surface area contributed by atoms with Gasteiger partial charge in [-0.3, -0.25) is 28.4 Å². The molecule has 6 aromatic heterocycles. The lowest BCUT2D eigenvalue weighted by molar-refractivity contribution is 0.110. The van der Waals surface area contributed by atoms with E-state index in [4.69, 9.17) is 34.4 Å². The summed E-state index contributed by atoms with van der Waals surface area (Å²) < 4.78 is 26.4. The predicted octanol–water partition coefficient (Wildman–Crippen LogP) is 12.5. The molecule has 11 rings (SSSR count). The standard InChI is InChI=1S/C63H79N9O6/c1-3-31-70-58(25-28-64-70)53-20-16-43(32-46(53)40-77-61-22-15-42(2)67-55(61)36-73)34-49-19-24-63(57(38-75)69-49)78-41-47-33-44(17-21-54(47)60-27-30-65-71(60)50-10-5-6-11-50)35-48-18-23-62(56(37-74)68-48)76-39-45-9-4-7-14-52(45)59-26-29-66-72(59)51-12-8-13-51/h15,18-19,22-30,36-38,43-47,50-54H,3-14,16-17,20-21,31-35,39-41H2,1-2H3. The molecule has 0 radical (unpaired) electrons. The van der Waals surface area contributed by atoms with Gasteiger partial charge in [0.25, 0.3) is 0 Å². The maximum Gasteiger partial charge on any atom is 0.172 e. The first-order valence-electron chi connectivity index (χ1n) is 29.7. The number of aldehydes is 3. The molecule has 15 heteroatoms. The van der Waals surface area contributed by atoms with Crippen LogP contribution in [0.15, 0.2) is 73.2 Å². The van der Waals surface area contributed by atoms with Gasteiger partial charge < -0.3 is 14.2 Å². The van der Waals surface area contributed by atoms with E-state index in [0.29, 0.717) is 89.9 Å². The fourth-order valence-corrected chi connectivity index (χ4v) is 14.3. The van der Waals surface area contributed by atoms with Crippen molar-refractivity contribution in [2.75, 3.05) is 19.8 Å². The van der Waals surface area contributed by atoms with Gasteiger partial charge in [0.05, 0.1) is 31.9 Å². The number of rotatable bonds is 23. The lowest BCUT2D eigenvalue weighted by Crippen LogP contribution is -2.31. The van der Waals surface area contributed by atoms with Crippen LogP contribution in [0.1, 0.15) is 218 Å². The molecule has 5 aliphatic carbocycles. The van der Waals surface area contributed by atoms with Crippen LogP contribution in [0, 0.1) is 36.5 Å². The quantitative estimate of drug-likeness (QED) is 0.0557. The smallest absolute Gasteiger partial charge is 0.172 e. The summed E-state index contributed by atoms with van der Waals surface area (Å²) in [5, 5.41) is 14.3. The minimum atomic E-state index is 0.151. The molecular formula is C63H79N9O6. The summed E-state index contributed by atoms with van der Waals surface area (Å²) in [6, 6.07) is 19.2. The second-order valence-electron chi connectivity index (χ2n) is 23.5. The van der Waals surface area contributed by atoms with E-state index in [2.05, 4.69) is 55.3 Å². The molecule has 0 saturated heterocycles. The molecule has 6 aromatic rings. The fourth-order valence-electron chi connectivity index (χ4n) is 14.3. The summed E-state index contributed by atoms with van der Waals surface area (Å²) in [5.74, 6) is 3.77. The first-order chi connectivity index (χ1) is 38.4. The summed E-state index contributed by atoms with van der Waals surface area (Å²) in [6.45, 7) is 6.33. The lowest BCUT2D eigenvalue weighted by Gasteiger charge is -2.37. The largest absolute Gasteiger partial charge is 0.491 e. The Morgan fingerprint density at radius 2 is 0.949 bits per heavy atom. The van der Waals surface area contributed by atoms with E-state index in [9.17, 15) is 14.4 Å². The van der Waals surface area contributed by atoms with E-state index < -0.39 is 0 Å². The molecule has 0 N–H and O–H groups in total. The number of aryl methyl sites for hydroxylation is 2. The molecule has 78 heavy (non-hydrogen) atoms. The van der Waals surface area contributed by atoms with E-state index in [-0.39, 0.29) is 23.7 Å². The van der Waals surface area contributed by atoms with Gasteiger partial charge in [-0.2, -0.15) is 15.3 Å². The van der Waals surface area contributed by atoms with E-state index in [0.717, 1.165) is 126 Å². The Bertz CT molecular complexity index is 2970. The highest BCUT2D eigenvalue weighted by Crippen LogP contribution is 2.46. The highest BCUT2D eigenvalue weighted by molar-refractivity contribution is 5.77. The second-order valence-corrected chi connectivity index (χ2v) is 23.5. The third kappa shape index (κ3) is 12.0. The van der Waals surface area contributed by atoms with Gasteiger partial charge in [0.1, 0.15) is 34.3 Å². The van der Waals surface area contributed by atoms with Gasteiger partial charge in [-0.05, 0) is 176 Å². The van der Waals surface area contributed by atoms with Crippen LogP contribution in [0.5, 0.6) is 17.2 Å². The highest BCUT2D eigenvalue weighted by Gasteiger charge is 2.38. The monoisotopic (exact) mass is 1060 g/mol. The average Bonchev–Trinajstić information content (AvgIpc) is 4.37. The molecule has 5 aliphatic rings. The van der Waals surface area contributed by atoms with Crippen LogP contribution >= 0.6 is 0 Å². The van der Waals surface area contributed by atoms with Crippen molar-refractivity contribution in [3.63, 3.8) is 0 Å². The number of pyridine rings is 3. The minimum Gasteiger partial charge on any atom is -0.491 e. The van der Waals surface area contributed by atoms with Gasteiger partial charge in [0.15, 0.2) is 18.9 Å². The van der Waals surface area contributed by atoms with Crippen molar-refractivity contribution in [2.45, 2.75) is 179 Å². The fraction of sp³-hybridized carbons (Fsp3) is 0.571. The first kappa shape index (κ1) is 53.5. The maximum atomic E-state index is 12.9. The Labute approximate surface area is 459 Å². The van der Waals surface area contributed by atoms with Crippen LogP contribution in [0.2, 0.25) is 0 Å². The van der Waals surface area contributed by atoms with E-state index in [1.54, 1.807) is 0 Å². The summed E-state index contributed by atoms with van der Waals surface area (Å²) in [5.41, 5.74) is 7.40. The Hall–Kier alpha value is -6.51. The van der Waals surface area contributed by atoms with Gasteiger partial charge in [0.2, 0.25) is 0 Å². The van der Waals surface area contributed by atoms with Gasteiger partial charge in [-0.15, -0.1) is 0 Å². The number of nitrogens with zero attached hydrogens (tertiary/aromatic N) is 9. The average molecular weight is 1060 g/mol. The molecule has 412 valence electrons. The Kier molecular flexibility index (Phi) is 17.2. The molecule has 0 amide bonds. The van der Waals surface area contributed by atoms with Crippen LogP contribution in [0.4, 0.5) is 0 Å². The Balaban J connectivity index is 0.761. The lowest BCUT2D eigenvalue weighted by atomic mass is 9.71. The van der Waals surface area contributed by atoms with E-state index in [1.165, 1.54) is 62.0 Å². The third-order valence-electron chi connectivity index (χ3n) is 18.5. The van der Waals surface area contributed by atoms with Crippen LogP contribution < -0.4 is 14.2 Å². The van der Waals surface area contributed by atoms with Crippen LogP contribution in [-0.4, -0.2) is 83.0 Å². The molecule has 0 bridgehead atoms. The molecule has 6 heterocycles. The first-order valence-corrected chi connectivity index (χ1v) is 29.7. The van der Waals surface area contributed by atoms with Crippen LogP contribution in [0.25, 0.3) is 0 Å². The maximum absolute atomic E-state index is 12.9. The number of carbonyl (C=O) groups is 3. The molecule has 5 saturated carbocycles. The zero-order valence-electron chi connectivity index (χ0n) is 45.9. The molecular weight excluding hydrogens is 979 g/mol. The van der Waals surface area contributed by atoms with Crippen molar-refractivity contribution in [1.29, 1.82) is 0 Å². The predicted molar refractivity (Wildman–Crippen MR) is 297 cm³/mol. The number of hydrogen-bond acceptors (Lipinski definition) is 12. The molecule has 0 spiro atoms. The SMILES string of the molecule is CCCn1nccc1C1CCC(Cc2ccc(OCC3CC(Cc4ccc(OCC5CCCCC5c5ccnn5C5CCC5)c(C=O)n4)CCC3c3ccnn3C3CCCC3)c(C=O)n2)CC1COc1ccc(C)nc1C=O. The van der Waals surface area contributed by atoms with Crippen molar-refractivity contribution >= 4 is 18.9 Å². The number of aromatic nitrogens is 9. The summed E-state index contributed by atoms with van der Waals surface area (Å²) in [4.78, 5) is 51.8. The van der Waals surface area contributed by atoms with Crippen molar-refractivity contribution in [2.24, 2.45) is 29.6 Å². The third-order valence-corrected chi connectivity index (χ3v) is 18.5. The van der Waals surface area contributed by atoms with Gasteiger partial charge in [0, 0.05) is 94.8 Å². The highest BCUT2D eigenvalue weighted by atomic mass is 16.5. The van der Waals surface area contributed by atoms with Crippen LogP contribution in [-0.2, 0) is 19.4 Å². The summed E-state index contributed by atoms with van der Waals surface area (Å²) in [7, 11) is 0. The zero-order chi connectivity index (χ0) is 53.4. The van der Waals surface area contributed by atoms with Gasteiger partial charge >= 0.3 is 0 Å². The number of carbonyl (C=O) groups excluding carboxylic acids is 3. The summed E-state index contributed by atoms with van der Waals surface area (Å²) >= 11 is 0. The number of hydrogen-bond donors (Lipinski definition) is 0. The Morgan fingerprint density at radius 1 is 0.487 bits per heavy atom. The minimum absolute atomic E-state index is 0.151.